The predicted molar refractivity (Wildman–Crippen MR) is 143 cm³/mol. The number of carbonyl (C=O) groups is 1. The van der Waals surface area contributed by atoms with Crippen molar-refractivity contribution in [3.8, 4) is 11.3 Å². The zero-order valence-electron chi connectivity index (χ0n) is 20.2. The Bertz CT molecular complexity index is 1780. The second kappa shape index (κ2) is 10.2. The molecule has 0 aliphatic carbocycles. The smallest absolute Gasteiger partial charge is 0.338 e. The number of esters is 1. The summed E-state index contributed by atoms with van der Waals surface area (Å²) in [5.41, 5.74) is 1.41. The molecule has 1 aliphatic heterocycles. The summed E-state index contributed by atoms with van der Waals surface area (Å²) in [4.78, 5) is 42.4. The number of fused-ring (bicyclic) bond motifs is 1. The van der Waals surface area contributed by atoms with Gasteiger partial charge in [0.15, 0.2) is 4.80 Å². The average molecular weight is 550 g/mol. The fourth-order valence-electron chi connectivity index (χ4n) is 4.20. The number of hydrogen-bond acceptors (Lipinski definition) is 8. The van der Waals surface area contributed by atoms with Crippen LogP contribution in [0.2, 0.25) is 5.02 Å². The molecule has 2 aromatic heterocycles. The molecule has 11 heteroatoms. The van der Waals surface area contributed by atoms with Crippen LogP contribution in [0.5, 0.6) is 0 Å². The molecule has 0 saturated carbocycles. The summed E-state index contributed by atoms with van der Waals surface area (Å²) in [6.07, 6.45) is 1.73. The van der Waals surface area contributed by atoms with Crippen LogP contribution in [0.25, 0.3) is 17.4 Å². The van der Waals surface area contributed by atoms with Crippen LogP contribution in [-0.2, 0) is 9.53 Å². The highest BCUT2D eigenvalue weighted by molar-refractivity contribution is 7.07. The molecule has 0 amide bonds. The average Bonchev–Trinajstić information content (AvgIpc) is 3.50. The van der Waals surface area contributed by atoms with Gasteiger partial charge in [-0.25, -0.2) is 9.79 Å². The van der Waals surface area contributed by atoms with Crippen molar-refractivity contribution in [2.24, 2.45) is 4.99 Å². The second-order valence-electron chi connectivity index (χ2n) is 8.36. The van der Waals surface area contributed by atoms with E-state index < -0.39 is 16.9 Å². The van der Waals surface area contributed by atoms with Gasteiger partial charge in [0.1, 0.15) is 17.6 Å². The molecule has 5 rings (SSSR count). The Morgan fingerprint density at radius 1 is 1.24 bits per heavy atom. The maximum Gasteiger partial charge on any atom is 0.338 e. The molecule has 0 unspecified atom stereocenters. The van der Waals surface area contributed by atoms with Crippen molar-refractivity contribution >= 4 is 40.7 Å². The number of halogens is 1. The van der Waals surface area contributed by atoms with Gasteiger partial charge in [-0.2, -0.15) is 0 Å². The largest absolute Gasteiger partial charge is 0.463 e. The summed E-state index contributed by atoms with van der Waals surface area (Å²) in [6.45, 7) is 3.51. The molecular weight excluding hydrogens is 530 g/mol. The zero-order chi connectivity index (χ0) is 27.0. The first kappa shape index (κ1) is 25.4. The van der Waals surface area contributed by atoms with E-state index in [4.69, 9.17) is 20.8 Å². The predicted octanol–water partition coefficient (Wildman–Crippen LogP) is 4.62. The maximum atomic E-state index is 13.7. The van der Waals surface area contributed by atoms with Crippen LogP contribution in [0.1, 0.15) is 31.2 Å². The van der Waals surface area contributed by atoms with E-state index in [0.717, 1.165) is 5.56 Å². The van der Waals surface area contributed by atoms with E-state index in [1.165, 1.54) is 28.0 Å². The molecule has 4 aromatic rings. The van der Waals surface area contributed by atoms with Crippen molar-refractivity contribution < 1.29 is 18.9 Å². The Kier molecular flexibility index (Phi) is 6.83. The van der Waals surface area contributed by atoms with Gasteiger partial charge in [-0.15, -0.1) is 0 Å². The molecule has 0 saturated heterocycles. The molecule has 0 N–H and O–H groups in total. The van der Waals surface area contributed by atoms with E-state index in [2.05, 4.69) is 4.99 Å². The number of nitro benzene ring substituents is 1. The maximum absolute atomic E-state index is 13.7. The van der Waals surface area contributed by atoms with E-state index >= 15 is 0 Å². The molecule has 3 heterocycles. The van der Waals surface area contributed by atoms with Crippen LogP contribution >= 0.6 is 22.9 Å². The Morgan fingerprint density at radius 3 is 2.71 bits per heavy atom. The number of thiazole rings is 1. The van der Waals surface area contributed by atoms with E-state index in [1.807, 2.05) is 0 Å². The van der Waals surface area contributed by atoms with Crippen LogP contribution in [0.15, 0.2) is 86.1 Å². The number of aromatic nitrogens is 1. The number of nitro groups is 1. The number of benzene rings is 2. The number of ether oxygens (including phenoxy) is 1. The highest BCUT2D eigenvalue weighted by atomic mass is 35.5. The molecule has 192 valence electrons. The minimum absolute atomic E-state index is 0.0846. The van der Waals surface area contributed by atoms with Crippen molar-refractivity contribution in [2.75, 3.05) is 6.61 Å². The van der Waals surface area contributed by atoms with Crippen molar-refractivity contribution in [2.45, 2.75) is 19.9 Å². The molecule has 1 atom stereocenters. The van der Waals surface area contributed by atoms with Crippen LogP contribution in [0.3, 0.4) is 0 Å². The molecule has 1 aliphatic rings. The zero-order valence-corrected chi connectivity index (χ0v) is 21.8. The first-order valence-electron chi connectivity index (χ1n) is 11.6. The lowest BCUT2D eigenvalue weighted by Gasteiger charge is -2.22. The van der Waals surface area contributed by atoms with Crippen molar-refractivity contribution in [1.82, 2.24) is 4.57 Å². The molecule has 0 bridgehead atoms. The number of non-ortho nitro benzene ring substituents is 1. The lowest BCUT2D eigenvalue weighted by molar-refractivity contribution is -0.384. The van der Waals surface area contributed by atoms with Crippen molar-refractivity contribution in [1.29, 1.82) is 0 Å². The Labute approximate surface area is 224 Å². The number of allylic oxidation sites excluding steroid dienone is 1. The lowest BCUT2D eigenvalue weighted by Crippen LogP contribution is -2.39. The minimum Gasteiger partial charge on any atom is -0.463 e. The van der Waals surface area contributed by atoms with Crippen molar-refractivity contribution in [3.63, 3.8) is 0 Å². The van der Waals surface area contributed by atoms with Gasteiger partial charge in [0, 0.05) is 22.7 Å². The van der Waals surface area contributed by atoms with Gasteiger partial charge in [0.25, 0.3) is 11.2 Å². The lowest BCUT2D eigenvalue weighted by atomic mass is 10.0. The van der Waals surface area contributed by atoms with Gasteiger partial charge < -0.3 is 9.15 Å². The quantitative estimate of drug-likeness (QED) is 0.197. The van der Waals surface area contributed by atoms with Crippen LogP contribution < -0.4 is 14.9 Å². The highest BCUT2D eigenvalue weighted by Crippen LogP contribution is 2.34. The summed E-state index contributed by atoms with van der Waals surface area (Å²) < 4.78 is 13.3. The Morgan fingerprint density at radius 2 is 2.00 bits per heavy atom. The first-order valence-corrected chi connectivity index (χ1v) is 12.8. The molecular formula is C27H20ClN3O6S. The van der Waals surface area contributed by atoms with E-state index in [9.17, 15) is 19.7 Å². The third-order valence-corrected chi connectivity index (χ3v) is 7.16. The summed E-state index contributed by atoms with van der Waals surface area (Å²) in [6, 6.07) is 15.4. The normalized spacial score (nSPS) is 15.2. The summed E-state index contributed by atoms with van der Waals surface area (Å²) in [5, 5.41) is 11.8. The topological polar surface area (TPSA) is 117 Å². The van der Waals surface area contributed by atoms with Gasteiger partial charge in [-0.1, -0.05) is 47.2 Å². The number of rotatable bonds is 6. The molecule has 38 heavy (non-hydrogen) atoms. The first-order chi connectivity index (χ1) is 18.3. The summed E-state index contributed by atoms with van der Waals surface area (Å²) in [5.74, 6) is 0.0342. The van der Waals surface area contributed by atoms with E-state index in [0.29, 0.717) is 37.1 Å². The molecule has 2 aromatic carbocycles. The van der Waals surface area contributed by atoms with Crippen molar-refractivity contribution in [3.05, 3.63) is 118 Å². The fraction of sp³-hybridized carbons (Fsp3) is 0.148. The molecule has 0 fully saturated rings. The fourth-order valence-corrected chi connectivity index (χ4v) is 5.37. The van der Waals surface area contributed by atoms with Gasteiger partial charge in [-0.3, -0.25) is 19.5 Å². The van der Waals surface area contributed by atoms with Gasteiger partial charge in [0.2, 0.25) is 0 Å². The minimum atomic E-state index is -0.940. The third-order valence-electron chi connectivity index (χ3n) is 5.92. The van der Waals surface area contributed by atoms with Crippen LogP contribution in [0, 0.1) is 10.1 Å². The molecule has 9 nitrogen and oxygen atoms in total. The highest BCUT2D eigenvalue weighted by Gasteiger charge is 2.35. The SMILES string of the molecule is CCOC(=O)C1=C(C)N=c2s/c(=C\c3ccc(Cl)cc3)c(=O)n2[C@@H]1c1ccc(-c2cccc([N+](=O)[O-])c2)o1. The monoisotopic (exact) mass is 549 g/mol. The molecule has 0 radical (unpaired) electrons. The molecule has 0 spiro atoms. The van der Waals surface area contributed by atoms with Gasteiger partial charge >= 0.3 is 5.97 Å². The Balaban J connectivity index is 1.67. The number of carbonyl (C=O) groups excluding carboxylic acids is 1. The van der Waals surface area contributed by atoms with Crippen LogP contribution in [-0.4, -0.2) is 22.1 Å². The van der Waals surface area contributed by atoms with E-state index in [1.54, 1.807) is 68.5 Å². The summed E-state index contributed by atoms with van der Waals surface area (Å²) >= 11 is 7.18. The number of nitrogens with zero attached hydrogens (tertiary/aromatic N) is 3. The number of furan rings is 1. The van der Waals surface area contributed by atoms with Gasteiger partial charge in [0.05, 0.1) is 27.3 Å². The summed E-state index contributed by atoms with van der Waals surface area (Å²) in [7, 11) is 0. The van der Waals surface area contributed by atoms with E-state index in [-0.39, 0.29) is 23.4 Å². The second-order valence-corrected chi connectivity index (χ2v) is 9.81. The standard InChI is InChI=1S/C27H20ClN3O6S/c1-3-36-26(33)23-15(2)29-27-30(25(32)22(38-27)13-16-7-9-18(28)10-8-16)24(23)21-12-11-20(37-21)17-5-4-6-19(14-17)31(34)35/h4-14,24H,3H2,1-2H3/b22-13-/t24-/m1/s1. The Hall–Kier alpha value is -4.28. The third kappa shape index (κ3) is 4.71. The van der Waals surface area contributed by atoms with Crippen LogP contribution in [0.4, 0.5) is 5.69 Å². The number of hydrogen-bond donors (Lipinski definition) is 0. The van der Waals surface area contributed by atoms with Gasteiger partial charge in [-0.05, 0) is 49.8 Å².